The van der Waals surface area contributed by atoms with Gasteiger partial charge in [0.25, 0.3) is 11.6 Å². The molecule has 2 rings (SSSR count). The standard InChI is InChI=1S/C13H16N4O3/c1-4-14-9(3)12-15-16-13(20-12)10-7-5-6-8(2)11(10)17(18)19/h5-7,9,14H,4H2,1-3H3. The van der Waals surface area contributed by atoms with E-state index in [1.54, 1.807) is 25.1 Å². The van der Waals surface area contributed by atoms with E-state index in [-0.39, 0.29) is 17.6 Å². The molecule has 0 spiro atoms. The number of nitrogens with zero attached hydrogens (tertiary/aromatic N) is 3. The topological polar surface area (TPSA) is 94.1 Å². The van der Waals surface area contributed by atoms with E-state index in [1.165, 1.54) is 0 Å². The van der Waals surface area contributed by atoms with Crippen LogP contribution in [0.2, 0.25) is 0 Å². The van der Waals surface area contributed by atoms with E-state index in [1.807, 2.05) is 13.8 Å². The lowest BCUT2D eigenvalue weighted by Crippen LogP contribution is -2.17. The first-order valence-corrected chi connectivity index (χ1v) is 6.35. The number of aromatic nitrogens is 2. The molecule has 0 aliphatic carbocycles. The van der Waals surface area contributed by atoms with Gasteiger partial charge >= 0.3 is 0 Å². The number of nitrogens with one attached hydrogen (secondary N) is 1. The van der Waals surface area contributed by atoms with Crippen LogP contribution in [0.4, 0.5) is 5.69 Å². The van der Waals surface area contributed by atoms with E-state index in [0.29, 0.717) is 17.0 Å². The summed E-state index contributed by atoms with van der Waals surface area (Å²) in [5, 5.41) is 22.2. The maximum Gasteiger partial charge on any atom is 0.284 e. The number of para-hydroxylation sites is 1. The molecule has 106 valence electrons. The van der Waals surface area contributed by atoms with E-state index in [4.69, 9.17) is 4.42 Å². The van der Waals surface area contributed by atoms with Crippen LogP contribution in [0, 0.1) is 17.0 Å². The fourth-order valence-electron chi connectivity index (χ4n) is 1.99. The maximum atomic E-state index is 11.2. The molecule has 0 amide bonds. The zero-order chi connectivity index (χ0) is 14.7. The second kappa shape index (κ2) is 5.79. The average Bonchev–Trinajstić information content (AvgIpc) is 2.87. The minimum Gasteiger partial charge on any atom is -0.419 e. The van der Waals surface area contributed by atoms with Crippen LogP contribution >= 0.6 is 0 Å². The molecule has 0 saturated heterocycles. The Balaban J connectivity index is 2.43. The Labute approximate surface area is 116 Å². The molecule has 7 nitrogen and oxygen atoms in total. The zero-order valence-corrected chi connectivity index (χ0v) is 11.6. The van der Waals surface area contributed by atoms with E-state index < -0.39 is 4.92 Å². The third kappa shape index (κ3) is 2.67. The largest absolute Gasteiger partial charge is 0.419 e. The normalized spacial score (nSPS) is 12.3. The van der Waals surface area contributed by atoms with Crippen molar-refractivity contribution in [1.29, 1.82) is 0 Å². The van der Waals surface area contributed by atoms with Crippen LogP contribution in [-0.4, -0.2) is 21.7 Å². The lowest BCUT2D eigenvalue weighted by atomic mass is 10.1. The third-order valence-corrected chi connectivity index (χ3v) is 2.97. The molecule has 0 radical (unpaired) electrons. The predicted molar refractivity (Wildman–Crippen MR) is 73.2 cm³/mol. The van der Waals surface area contributed by atoms with Gasteiger partial charge in [0, 0.05) is 5.56 Å². The lowest BCUT2D eigenvalue weighted by Gasteiger charge is -2.06. The van der Waals surface area contributed by atoms with Crippen LogP contribution in [0.5, 0.6) is 0 Å². The van der Waals surface area contributed by atoms with Crippen LogP contribution in [-0.2, 0) is 0 Å². The minimum atomic E-state index is -0.428. The molecule has 1 heterocycles. The minimum absolute atomic E-state index is 0.00111. The Kier molecular flexibility index (Phi) is 4.09. The highest BCUT2D eigenvalue weighted by molar-refractivity contribution is 5.69. The molecule has 0 aliphatic heterocycles. The first kappa shape index (κ1) is 14.1. The van der Waals surface area contributed by atoms with E-state index >= 15 is 0 Å². The molecule has 0 aliphatic rings. The highest BCUT2D eigenvalue weighted by Crippen LogP contribution is 2.32. The van der Waals surface area contributed by atoms with Gasteiger partial charge in [0.05, 0.1) is 11.0 Å². The molecule has 2 aromatic rings. The fraction of sp³-hybridized carbons (Fsp3) is 0.385. The van der Waals surface area contributed by atoms with Crippen molar-refractivity contribution in [2.24, 2.45) is 0 Å². The average molecular weight is 276 g/mol. The predicted octanol–water partition coefficient (Wildman–Crippen LogP) is 2.62. The smallest absolute Gasteiger partial charge is 0.284 e. The van der Waals surface area contributed by atoms with Gasteiger partial charge in [0.1, 0.15) is 5.56 Å². The van der Waals surface area contributed by atoms with Crippen LogP contribution in [0.25, 0.3) is 11.5 Å². The fourth-order valence-corrected chi connectivity index (χ4v) is 1.99. The van der Waals surface area contributed by atoms with Gasteiger partial charge in [-0.2, -0.15) is 0 Å². The van der Waals surface area contributed by atoms with Crippen molar-refractivity contribution in [1.82, 2.24) is 15.5 Å². The molecular weight excluding hydrogens is 260 g/mol. The molecule has 7 heteroatoms. The zero-order valence-electron chi connectivity index (χ0n) is 11.6. The monoisotopic (exact) mass is 276 g/mol. The van der Waals surface area contributed by atoms with Gasteiger partial charge in [-0.3, -0.25) is 10.1 Å². The number of nitro benzene ring substituents is 1. The van der Waals surface area contributed by atoms with E-state index in [2.05, 4.69) is 15.5 Å². The summed E-state index contributed by atoms with van der Waals surface area (Å²) >= 11 is 0. The Morgan fingerprint density at radius 3 is 2.85 bits per heavy atom. The number of nitro groups is 1. The summed E-state index contributed by atoms with van der Waals surface area (Å²) in [6.07, 6.45) is 0. The van der Waals surface area contributed by atoms with Crippen LogP contribution < -0.4 is 5.32 Å². The second-order valence-electron chi connectivity index (χ2n) is 4.45. The molecule has 1 unspecified atom stereocenters. The van der Waals surface area contributed by atoms with Crippen molar-refractivity contribution in [2.45, 2.75) is 26.8 Å². The van der Waals surface area contributed by atoms with Crippen molar-refractivity contribution in [3.05, 3.63) is 39.8 Å². The molecule has 1 aromatic carbocycles. The summed E-state index contributed by atoms with van der Waals surface area (Å²) < 4.78 is 5.54. The summed E-state index contributed by atoms with van der Waals surface area (Å²) in [6.45, 7) is 6.31. The van der Waals surface area contributed by atoms with Crippen LogP contribution in [0.3, 0.4) is 0 Å². The quantitative estimate of drug-likeness (QED) is 0.666. The van der Waals surface area contributed by atoms with Gasteiger partial charge < -0.3 is 9.73 Å². The third-order valence-electron chi connectivity index (χ3n) is 2.97. The highest BCUT2D eigenvalue weighted by Gasteiger charge is 2.23. The highest BCUT2D eigenvalue weighted by atomic mass is 16.6. The number of aryl methyl sites for hydroxylation is 1. The summed E-state index contributed by atoms with van der Waals surface area (Å²) in [6, 6.07) is 4.93. The summed E-state index contributed by atoms with van der Waals surface area (Å²) in [5.41, 5.74) is 0.906. The Bertz CT molecular complexity index is 624. The van der Waals surface area contributed by atoms with Gasteiger partial charge in [0.2, 0.25) is 5.89 Å². The number of hydrogen-bond acceptors (Lipinski definition) is 6. The van der Waals surface area contributed by atoms with Crippen molar-refractivity contribution in [3.63, 3.8) is 0 Å². The van der Waals surface area contributed by atoms with Gasteiger partial charge in [-0.05, 0) is 26.5 Å². The molecule has 0 fully saturated rings. The number of rotatable bonds is 5. The van der Waals surface area contributed by atoms with Gasteiger partial charge in [-0.1, -0.05) is 19.1 Å². The molecule has 1 aromatic heterocycles. The molecule has 1 atom stereocenters. The van der Waals surface area contributed by atoms with Crippen LogP contribution in [0.15, 0.2) is 22.6 Å². The summed E-state index contributed by atoms with van der Waals surface area (Å²) in [5.74, 6) is 0.581. The molecule has 1 N–H and O–H groups in total. The van der Waals surface area contributed by atoms with E-state index in [9.17, 15) is 10.1 Å². The first-order valence-electron chi connectivity index (χ1n) is 6.35. The van der Waals surface area contributed by atoms with Crippen molar-refractivity contribution >= 4 is 5.69 Å². The Morgan fingerprint density at radius 1 is 1.45 bits per heavy atom. The Hall–Kier alpha value is -2.28. The maximum absolute atomic E-state index is 11.2. The SMILES string of the molecule is CCNC(C)c1nnc(-c2cccc(C)c2[N+](=O)[O-])o1. The molecule has 20 heavy (non-hydrogen) atoms. The van der Waals surface area contributed by atoms with Crippen molar-refractivity contribution in [3.8, 4) is 11.5 Å². The molecular formula is C13H16N4O3. The van der Waals surface area contributed by atoms with Gasteiger partial charge in [-0.25, -0.2) is 0 Å². The lowest BCUT2D eigenvalue weighted by molar-refractivity contribution is -0.384. The van der Waals surface area contributed by atoms with Gasteiger partial charge in [0.15, 0.2) is 0 Å². The summed E-state index contributed by atoms with van der Waals surface area (Å²) in [7, 11) is 0. The second-order valence-corrected chi connectivity index (χ2v) is 4.45. The first-order chi connectivity index (χ1) is 9.54. The summed E-state index contributed by atoms with van der Waals surface area (Å²) in [4.78, 5) is 10.7. The molecule has 0 bridgehead atoms. The van der Waals surface area contributed by atoms with E-state index in [0.717, 1.165) is 6.54 Å². The van der Waals surface area contributed by atoms with Crippen molar-refractivity contribution < 1.29 is 9.34 Å². The van der Waals surface area contributed by atoms with Crippen LogP contribution in [0.1, 0.15) is 31.3 Å². The number of benzene rings is 1. The number of hydrogen-bond donors (Lipinski definition) is 1. The van der Waals surface area contributed by atoms with Crippen molar-refractivity contribution in [2.75, 3.05) is 6.54 Å². The Morgan fingerprint density at radius 2 is 2.20 bits per heavy atom. The molecule has 0 saturated carbocycles. The van der Waals surface area contributed by atoms with Gasteiger partial charge in [-0.15, -0.1) is 10.2 Å².